The van der Waals surface area contributed by atoms with Crippen LogP contribution >= 0.6 is 0 Å². The molecule has 0 unspecified atom stereocenters. The molecule has 0 aromatic rings. The summed E-state index contributed by atoms with van der Waals surface area (Å²) < 4.78 is 4.88. The largest absolute Gasteiger partial charge is 0.447 e. The van der Waals surface area contributed by atoms with Crippen LogP contribution in [0, 0.1) is 5.92 Å². The van der Waals surface area contributed by atoms with E-state index < -0.39 is 6.09 Å². The van der Waals surface area contributed by atoms with Gasteiger partial charge in [-0.05, 0) is 12.3 Å². The summed E-state index contributed by atoms with van der Waals surface area (Å²) in [7, 11) is 0. The molecule has 84 valence electrons. The standard InChI is InChI=1S/C11H17NO3/c1-4-5-6-10(13)12-9(8(2)3)7-15-11(12)14/h4,8-9H,1,5-7H2,2-3H3/t9-/m0/s1. The van der Waals surface area contributed by atoms with Crippen LogP contribution in [0.2, 0.25) is 0 Å². The lowest BCUT2D eigenvalue weighted by Crippen LogP contribution is -2.41. The van der Waals surface area contributed by atoms with Crippen LogP contribution in [0.25, 0.3) is 0 Å². The molecular weight excluding hydrogens is 194 g/mol. The van der Waals surface area contributed by atoms with Crippen LogP contribution in [0.15, 0.2) is 12.7 Å². The Morgan fingerprint density at radius 3 is 2.93 bits per heavy atom. The lowest BCUT2D eigenvalue weighted by Gasteiger charge is -2.22. The number of carbonyl (C=O) groups is 2. The van der Waals surface area contributed by atoms with Gasteiger partial charge in [0.15, 0.2) is 0 Å². The Balaban J connectivity index is 2.67. The molecule has 1 heterocycles. The minimum absolute atomic E-state index is 0.116. The van der Waals surface area contributed by atoms with E-state index in [0.29, 0.717) is 19.4 Å². The highest BCUT2D eigenvalue weighted by Gasteiger charge is 2.38. The number of amides is 2. The molecule has 0 bridgehead atoms. The van der Waals surface area contributed by atoms with Crippen molar-refractivity contribution in [3.05, 3.63) is 12.7 Å². The molecule has 0 aromatic carbocycles. The number of carbonyl (C=O) groups excluding carboxylic acids is 2. The molecule has 0 aromatic heterocycles. The van der Waals surface area contributed by atoms with Crippen molar-refractivity contribution in [1.29, 1.82) is 0 Å². The van der Waals surface area contributed by atoms with Gasteiger partial charge in [-0.25, -0.2) is 9.69 Å². The number of hydrogen-bond donors (Lipinski definition) is 0. The van der Waals surface area contributed by atoms with Crippen molar-refractivity contribution in [3.63, 3.8) is 0 Å². The molecule has 4 heteroatoms. The first-order valence-corrected chi connectivity index (χ1v) is 5.17. The SMILES string of the molecule is C=CCCC(=O)N1C(=O)OC[C@H]1C(C)C. The minimum Gasteiger partial charge on any atom is -0.447 e. The van der Waals surface area contributed by atoms with E-state index in [2.05, 4.69) is 6.58 Å². The number of rotatable bonds is 4. The summed E-state index contributed by atoms with van der Waals surface area (Å²) in [5.41, 5.74) is 0. The topological polar surface area (TPSA) is 46.6 Å². The summed E-state index contributed by atoms with van der Waals surface area (Å²) in [4.78, 5) is 24.3. The molecule has 1 aliphatic rings. The van der Waals surface area contributed by atoms with Crippen LogP contribution in [-0.2, 0) is 9.53 Å². The maximum absolute atomic E-state index is 11.7. The molecule has 1 fully saturated rings. The van der Waals surface area contributed by atoms with Crippen molar-refractivity contribution in [2.45, 2.75) is 32.7 Å². The third-order valence-electron chi connectivity index (χ3n) is 2.51. The quantitative estimate of drug-likeness (QED) is 0.668. The molecule has 1 atom stereocenters. The maximum atomic E-state index is 11.7. The van der Waals surface area contributed by atoms with E-state index in [1.807, 2.05) is 13.8 Å². The minimum atomic E-state index is -0.511. The Hall–Kier alpha value is -1.32. The van der Waals surface area contributed by atoms with E-state index in [-0.39, 0.29) is 17.9 Å². The van der Waals surface area contributed by atoms with Gasteiger partial charge in [-0.2, -0.15) is 0 Å². The average Bonchev–Trinajstić information content (AvgIpc) is 2.56. The van der Waals surface area contributed by atoms with Crippen molar-refractivity contribution in [1.82, 2.24) is 4.90 Å². The van der Waals surface area contributed by atoms with Gasteiger partial charge in [0.2, 0.25) is 5.91 Å². The molecule has 1 saturated heterocycles. The van der Waals surface area contributed by atoms with E-state index in [4.69, 9.17) is 4.74 Å². The van der Waals surface area contributed by atoms with Gasteiger partial charge >= 0.3 is 6.09 Å². The number of hydrogen-bond acceptors (Lipinski definition) is 3. The number of ether oxygens (including phenoxy) is 1. The van der Waals surface area contributed by atoms with Crippen molar-refractivity contribution >= 4 is 12.0 Å². The predicted octanol–water partition coefficient (Wildman–Crippen LogP) is 1.96. The molecule has 0 radical (unpaired) electrons. The number of cyclic esters (lactones) is 1. The Morgan fingerprint density at radius 1 is 1.73 bits per heavy atom. The molecule has 1 rings (SSSR count). The van der Waals surface area contributed by atoms with Gasteiger partial charge in [0.1, 0.15) is 6.61 Å². The van der Waals surface area contributed by atoms with Crippen molar-refractivity contribution in [2.75, 3.05) is 6.61 Å². The summed E-state index contributed by atoms with van der Waals surface area (Å²) in [5, 5.41) is 0. The Labute approximate surface area is 89.9 Å². The number of nitrogens with zero attached hydrogens (tertiary/aromatic N) is 1. The third kappa shape index (κ3) is 2.58. The Kier molecular flexibility index (Phi) is 3.88. The van der Waals surface area contributed by atoms with E-state index in [1.54, 1.807) is 6.08 Å². The van der Waals surface area contributed by atoms with E-state index in [1.165, 1.54) is 4.90 Å². The predicted molar refractivity (Wildman–Crippen MR) is 56.3 cm³/mol. The highest BCUT2D eigenvalue weighted by atomic mass is 16.6. The van der Waals surface area contributed by atoms with Crippen molar-refractivity contribution in [3.8, 4) is 0 Å². The fourth-order valence-electron chi connectivity index (χ4n) is 1.56. The van der Waals surface area contributed by atoms with Crippen LogP contribution in [0.3, 0.4) is 0 Å². The van der Waals surface area contributed by atoms with Crippen LogP contribution in [0.4, 0.5) is 4.79 Å². The first-order chi connectivity index (χ1) is 7.07. The summed E-state index contributed by atoms with van der Waals surface area (Å²) in [6.45, 7) is 7.81. The average molecular weight is 211 g/mol. The van der Waals surface area contributed by atoms with Crippen LogP contribution < -0.4 is 0 Å². The summed E-state index contributed by atoms with van der Waals surface area (Å²) in [6.07, 6.45) is 2.07. The smallest absolute Gasteiger partial charge is 0.416 e. The lowest BCUT2D eigenvalue weighted by molar-refractivity contribution is -0.129. The molecule has 1 aliphatic heterocycles. The van der Waals surface area contributed by atoms with E-state index in [0.717, 1.165) is 0 Å². The second-order valence-corrected chi connectivity index (χ2v) is 3.98. The van der Waals surface area contributed by atoms with Crippen LogP contribution in [-0.4, -0.2) is 29.5 Å². The summed E-state index contributed by atoms with van der Waals surface area (Å²) >= 11 is 0. The van der Waals surface area contributed by atoms with Gasteiger partial charge in [0.25, 0.3) is 0 Å². The zero-order chi connectivity index (χ0) is 11.4. The fourth-order valence-corrected chi connectivity index (χ4v) is 1.56. The first-order valence-electron chi connectivity index (χ1n) is 5.17. The highest BCUT2D eigenvalue weighted by Crippen LogP contribution is 2.20. The second-order valence-electron chi connectivity index (χ2n) is 3.98. The monoisotopic (exact) mass is 211 g/mol. The van der Waals surface area contributed by atoms with Gasteiger partial charge in [-0.15, -0.1) is 6.58 Å². The third-order valence-corrected chi connectivity index (χ3v) is 2.51. The van der Waals surface area contributed by atoms with Crippen molar-refractivity contribution in [2.24, 2.45) is 5.92 Å². The zero-order valence-corrected chi connectivity index (χ0v) is 9.23. The van der Waals surface area contributed by atoms with Crippen LogP contribution in [0.1, 0.15) is 26.7 Å². The Bertz CT molecular complexity index is 273. The van der Waals surface area contributed by atoms with Gasteiger partial charge in [-0.3, -0.25) is 4.79 Å². The van der Waals surface area contributed by atoms with Gasteiger partial charge < -0.3 is 4.74 Å². The fraction of sp³-hybridized carbons (Fsp3) is 0.636. The highest BCUT2D eigenvalue weighted by molar-refractivity contribution is 5.93. The second kappa shape index (κ2) is 4.96. The number of allylic oxidation sites excluding steroid dienone is 1. The normalized spacial score (nSPS) is 20.6. The van der Waals surface area contributed by atoms with Gasteiger partial charge in [0.05, 0.1) is 6.04 Å². The van der Waals surface area contributed by atoms with Crippen LogP contribution in [0.5, 0.6) is 0 Å². The Morgan fingerprint density at radius 2 is 2.40 bits per heavy atom. The van der Waals surface area contributed by atoms with E-state index >= 15 is 0 Å². The molecule has 0 spiro atoms. The molecule has 0 N–H and O–H groups in total. The summed E-state index contributed by atoms with van der Waals surface area (Å²) in [5.74, 6) is 0.0558. The molecular formula is C11H17NO3. The molecule has 4 nitrogen and oxygen atoms in total. The maximum Gasteiger partial charge on any atom is 0.416 e. The first kappa shape index (κ1) is 11.8. The molecule has 0 saturated carbocycles. The summed E-state index contributed by atoms with van der Waals surface area (Å²) in [6, 6.07) is -0.116. The molecule has 2 amide bonds. The van der Waals surface area contributed by atoms with Crippen molar-refractivity contribution < 1.29 is 14.3 Å². The molecule has 0 aliphatic carbocycles. The van der Waals surface area contributed by atoms with Gasteiger partial charge in [-0.1, -0.05) is 19.9 Å². The zero-order valence-electron chi connectivity index (χ0n) is 9.23. The lowest BCUT2D eigenvalue weighted by atomic mass is 10.0. The van der Waals surface area contributed by atoms with E-state index in [9.17, 15) is 9.59 Å². The molecule has 15 heavy (non-hydrogen) atoms. The number of imide groups is 1. The van der Waals surface area contributed by atoms with Gasteiger partial charge in [0, 0.05) is 6.42 Å².